The van der Waals surface area contributed by atoms with Gasteiger partial charge in [0.15, 0.2) is 0 Å². The summed E-state index contributed by atoms with van der Waals surface area (Å²) >= 11 is 13.3. The first kappa shape index (κ1) is 14.3. The minimum Gasteiger partial charge on any atom is -0.319 e. The molecule has 3 rings (SSSR count). The zero-order valence-corrected chi connectivity index (χ0v) is 13.2. The number of nitrogens with one attached hydrogen (secondary N) is 1. The van der Waals surface area contributed by atoms with Gasteiger partial charge in [-0.2, -0.15) is 8.75 Å². The van der Waals surface area contributed by atoms with Crippen LogP contribution in [0.5, 0.6) is 0 Å². The SMILES string of the molecule is Cc1ccc(C(=O)Nc2c(Cl)ccc3nsnc23)c(Cl)c1. The summed E-state index contributed by atoms with van der Waals surface area (Å²) in [5.74, 6) is -0.331. The Kier molecular flexibility index (Phi) is 3.80. The fraction of sp³-hybridized carbons (Fsp3) is 0.0714. The molecule has 0 radical (unpaired) electrons. The summed E-state index contributed by atoms with van der Waals surface area (Å²) in [5.41, 5.74) is 3.09. The summed E-state index contributed by atoms with van der Waals surface area (Å²) in [5, 5.41) is 3.57. The van der Waals surface area contributed by atoms with Crippen LogP contribution in [-0.4, -0.2) is 14.7 Å². The van der Waals surface area contributed by atoms with Crippen LogP contribution >= 0.6 is 34.9 Å². The van der Waals surface area contributed by atoms with Gasteiger partial charge in [0.2, 0.25) is 0 Å². The van der Waals surface area contributed by atoms with Gasteiger partial charge in [-0.3, -0.25) is 4.79 Å². The third kappa shape index (κ3) is 2.72. The molecular weight excluding hydrogens is 329 g/mol. The number of anilines is 1. The largest absolute Gasteiger partial charge is 0.319 e. The lowest BCUT2D eigenvalue weighted by Gasteiger charge is -2.09. The molecule has 0 aliphatic rings. The van der Waals surface area contributed by atoms with Crippen molar-refractivity contribution in [2.24, 2.45) is 0 Å². The topological polar surface area (TPSA) is 54.9 Å². The van der Waals surface area contributed by atoms with E-state index in [1.807, 2.05) is 13.0 Å². The van der Waals surface area contributed by atoms with E-state index in [4.69, 9.17) is 23.2 Å². The van der Waals surface area contributed by atoms with Crippen LogP contribution in [0.2, 0.25) is 10.0 Å². The smallest absolute Gasteiger partial charge is 0.257 e. The number of aryl methyl sites for hydroxylation is 1. The summed E-state index contributed by atoms with van der Waals surface area (Å²) in [6.07, 6.45) is 0. The van der Waals surface area contributed by atoms with Crippen molar-refractivity contribution in [1.29, 1.82) is 0 Å². The molecule has 0 unspecified atom stereocenters. The summed E-state index contributed by atoms with van der Waals surface area (Å²) in [6, 6.07) is 8.68. The van der Waals surface area contributed by atoms with Gasteiger partial charge in [0.05, 0.1) is 33.0 Å². The molecule has 0 saturated carbocycles. The number of hydrogen-bond donors (Lipinski definition) is 1. The van der Waals surface area contributed by atoms with Crippen molar-refractivity contribution in [3.8, 4) is 0 Å². The van der Waals surface area contributed by atoms with Crippen LogP contribution in [0.3, 0.4) is 0 Å². The molecule has 0 aliphatic heterocycles. The Morgan fingerprint density at radius 3 is 2.71 bits per heavy atom. The number of carbonyl (C=O) groups is 1. The van der Waals surface area contributed by atoms with Gasteiger partial charge in [-0.05, 0) is 36.8 Å². The predicted molar refractivity (Wildman–Crippen MR) is 86.6 cm³/mol. The van der Waals surface area contributed by atoms with Crippen LogP contribution in [-0.2, 0) is 0 Å². The first-order valence-corrected chi connectivity index (χ1v) is 7.53. The fourth-order valence-electron chi connectivity index (χ4n) is 1.93. The highest BCUT2D eigenvalue weighted by molar-refractivity contribution is 7.00. The van der Waals surface area contributed by atoms with Crippen molar-refractivity contribution in [1.82, 2.24) is 8.75 Å². The molecule has 7 heteroatoms. The molecule has 0 spiro atoms. The highest BCUT2D eigenvalue weighted by atomic mass is 35.5. The van der Waals surface area contributed by atoms with E-state index in [2.05, 4.69) is 14.1 Å². The molecule has 3 aromatic rings. The maximum Gasteiger partial charge on any atom is 0.257 e. The molecule has 21 heavy (non-hydrogen) atoms. The third-order valence-electron chi connectivity index (χ3n) is 2.98. The first-order valence-electron chi connectivity index (χ1n) is 6.04. The number of rotatable bonds is 2. The summed E-state index contributed by atoms with van der Waals surface area (Å²) in [4.78, 5) is 12.4. The number of benzene rings is 2. The van der Waals surface area contributed by atoms with E-state index in [-0.39, 0.29) is 5.91 Å². The number of halogens is 2. The van der Waals surface area contributed by atoms with Crippen molar-refractivity contribution in [2.45, 2.75) is 6.92 Å². The Balaban J connectivity index is 2.00. The van der Waals surface area contributed by atoms with E-state index in [9.17, 15) is 4.79 Å². The average Bonchev–Trinajstić information content (AvgIpc) is 2.90. The molecule has 0 saturated heterocycles. The zero-order valence-electron chi connectivity index (χ0n) is 10.9. The average molecular weight is 338 g/mol. The fourth-order valence-corrected chi connectivity index (χ4v) is 2.99. The Bertz CT molecular complexity index is 847. The van der Waals surface area contributed by atoms with Crippen molar-refractivity contribution in [3.63, 3.8) is 0 Å². The van der Waals surface area contributed by atoms with Crippen LogP contribution in [0.1, 0.15) is 15.9 Å². The standard InChI is InChI=1S/C14H9Cl2N3OS/c1-7-2-3-8(10(16)6-7)14(20)17-12-9(15)4-5-11-13(12)19-21-18-11/h2-6H,1H3,(H,17,20). The molecule has 0 atom stereocenters. The van der Waals surface area contributed by atoms with Crippen LogP contribution in [0.4, 0.5) is 5.69 Å². The molecule has 0 aliphatic carbocycles. The minimum absolute atomic E-state index is 0.331. The van der Waals surface area contributed by atoms with Gasteiger partial charge in [0, 0.05) is 0 Å². The lowest BCUT2D eigenvalue weighted by molar-refractivity contribution is 0.102. The second-order valence-electron chi connectivity index (χ2n) is 4.49. The van der Waals surface area contributed by atoms with E-state index in [0.717, 1.165) is 17.3 Å². The van der Waals surface area contributed by atoms with E-state index in [1.54, 1.807) is 24.3 Å². The van der Waals surface area contributed by atoms with Crippen LogP contribution in [0.25, 0.3) is 11.0 Å². The molecule has 4 nitrogen and oxygen atoms in total. The Labute approximate surface area is 135 Å². The Morgan fingerprint density at radius 2 is 1.95 bits per heavy atom. The maximum absolute atomic E-state index is 12.4. The predicted octanol–water partition coefficient (Wildman–Crippen LogP) is 4.56. The highest BCUT2D eigenvalue weighted by Gasteiger charge is 2.16. The molecule has 1 aromatic heterocycles. The quantitative estimate of drug-likeness (QED) is 0.745. The Hall–Kier alpha value is -1.69. The highest BCUT2D eigenvalue weighted by Crippen LogP contribution is 2.31. The lowest BCUT2D eigenvalue weighted by atomic mass is 10.1. The third-order valence-corrected chi connectivity index (χ3v) is 4.16. The summed E-state index contributed by atoms with van der Waals surface area (Å²) in [7, 11) is 0. The number of fused-ring (bicyclic) bond motifs is 1. The van der Waals surface area contributed by atoms with E-state index in [0.29, 0.717) is 32.3 Å². The number of nitrogens with zero attached hydrogens (tertiary/aromatic N) is 2. The second-order valence-corrected chi connectivity index (χ2v) is 5.83. The number of carbonyl (C=O) groups excluding carboxylic acids is 1. The monoisotopic (exact) mass is 337 g/mol. The van der Waals surface area contributed by atoms with Gasteiger partial charge >= 0.3 is 0 Å². The van der Waals surface area contributed by atoms with Crippen LogP contribution in [0.15, 0.2) is 30.3 Å². The van der Waals surface area contributed by atoms with Crippen LogP contribution in [0, 0.1) is 6.92 Å². The number of hydrogen-bond acceptors (Lipinski definition) is 4. The molecule has 1 heterocycles. The molecule has 1 N–H and O–H groups in total. The van der Waals surface area contributed by atoms with E-state index < -0.39 is 0 Å². The Morgan fingerprint density at radius 1 is 1.14 bits per heavy atom. The maximum atomic E-state index is 12.4. The van der Waals surface area contributed by atoms with E-state index >= 15 is 0 Å². The van der Waals surface area contributed by atoms with E-state index in [1.165, 1.54) is 0 Å². The van der Waals surface area contributed by atoms with Gasteiger partial charge in [-0.15, -0.1) is 0 Å². The normalized spacial score (nSPS) is 10.8. The van der Waals surface area contributed by atoms with Gasteiger partial charge in [-0.25, -0.2) is 0 Å². The van der Waals surface area contributed by atoms with Gasteiger partial charge in [0.1, 0.15) is 11.0 Å². The molecule has 106 valence electrons. The molecule has 2 aromatic carbocycles. The number of aromatic nitrogens is 2. The van der Waals surface area contributed by atoms with Gasteiger partial charge in [0.25, 0.3) is 5.91 Å². The van der Waals surface area contributed by atoms with Crippen molar-refractivity contribution in [2.75, 3.05) is 5.32 Å². The lowest BCUT2D eigenvalue weighted by Crippen LogP contribution is -2.13. The molecule has 1 amide bonds. The van der Waals surface area contributed by atoms with Crippen molar-refractivity contribution in [3.05, 3.63) is 51.5 Å². The van der Waals surface area contributed by atoms with Gasteiger partial charge in [-0.1, -0.05) is 29.3 Å². The minimum atomic E-state index is -0.331. The second kappa shape index (κ2) is 5.60. The zero-order chi connectivity index (χ0) is 15.0. The van der Waals surface area contributed by atoms with Crippen LogP contribution < -0.4 is 5.32 Å². The number of amides is 1. The van der Waals surface area contributed by atoms with Crippen molar-refractivity contribution >= 4 is 57.6 Å². The first-order chi connectivity index (χ1) is 10.1. The van der Waals surface area contributed by atoms with Gasteiger partial charge < -0.3 is 5.32 Å². The summed E-state index contributed by atoms with van der Waals surface area (Å²) in [6.45, 7) is 1.91. The van der Waals surface area contributed by atoms with Crippen molar-refractivity contribution < 1.29 is 4.79 Å². The molecular formula is C14H9Cl2N3OS. The molecule has 0 bridgehead atoms. The summed E-state index contributed by atoms with van der Waals surface area (Å²) < 4.78 is 8.29. The molecule has 0 fully saturated rings.